The van der Waals surface area contributed by atoms with Crippen molar-refractivity contribution in [3.8, 4) is 0 Å². The van der Waals surface area contributed by atoms with Gasteiger partial charge in [0.2, 0.25) is 5.82 Å². The van der Waals surface area contributed by atoms with Gasteiger partial charge in [-0.25, -0.2) is 22.0 Å². The highest BCUT2D eigenvalue weighted by atomic mass is 19.2. The summed E-state index contributed by atoms with van der Waals surface area (Å²) < 4.78 is 65.6. The minimum Gasteiger partial charge on any atom is -0.399 e. The molecule has 0 aliphatic heterocycles. The second kappa shape index (κ2) is 5.99. The average molecular weight is 302 g/mol. The van der Waals surface area contributed by atoms with Gasteiger partial charge in [0.05, 0.1) is 0 Å². The number of rotatable bonds is 4. The Kier molecular flexibility index (Phi) is 4.30. The number of halogens is 5. The van der Waals surface area contributed by atoms with Crippen LogP contribution in [-0.2, 0) is 6.42 Å². The van der Waals surface area contributed by atoms with E-state index in [9.17, 15) is 22.0 Å². The fourth-order valence-electron chi connectivity index (χ4n) is 1.78. The maximum absolute atomic E-state index is 13.4. The van der Waals surface area contributed by atoms with Crippen molar-refractivity contribution in [2.45, 2.75) is 6.42 Å². The summed E-state index contributed by atoms with van der Waals surface area (Å²) in [6.07, 6.45) is 0.333. The molecule has 0 amide bonds. The Morgan fingerprint density at radius 1 is 0.762 bits per heavy atom. The average Bonchev–Trinajstić information content (AvgIpc) is 2.48. The molecule has 3 N–H and O–H groups in total. The van der Waals surface area contributed by atoms with Gasteiger partial charge in [0.25, 0.3) is 0 Å². The Hall–Kier alpha value is -2.31. The van der Waals surface area contributed by atoms with E-state index in [4.69, 9.17) is 5.73 Å². The molecule has 0 saturated heterocycles. The standard InChI is InChI=1S/C14H11F5N2/c15-9-10(16)12(18)14(13(19)11(9)17)21-6-5-7-1-3-8(20)4-2-7/h1-4,21H,5-6,20H2. The van der Waals surface area contributed by atoms with Gasteiger partial charge in [-0.15, -0.1) is 0 Å². The maximum Gasteiger partial charge on any atom is 0.200 e. The molecule has 0 saturated carbocycles. The van der Waals surface area contributed by atoms with Crippen LogP contribution in [0.15, 0.2) is 24.3 Å². The van der Waals surface area contributed by atoms with Crippen molar-refractivity contribution in [1.29, 1.82) is 0 Å². The number of hydrogen-bond acceptors (Lipinski definition) is 2. The molecule has 112 valence electrons. The lowest BCUT2D eigenvalue weighted by Crippen LogP contribution is -2.12. The molecule has 21 heavy (non-hydrogen) atoms. The number of nitrogen functional groups attached to an aromatic ring is 1. The van der Waals surface area contributed by atoms with Crippen molar-refractivity contribution < 1.29 is 22.0 Å². The topological polar surface area (TPSA) is 38.0 Å². The number of benzene rings is 2. The van der Waals surface area contributed by atoms with Gasteiger partial charge in [0, 0.05) is 12.2 Å². The van der Waals surface area contributed by atoms with E-state index in [2.05, 4.69) is 5.32 Å². The van der Waals surface area contributed by atoms with Crippen LogP contribution in [0.3, 0.4) is 0 Å². The lowest BCUT2D eigenvalue weighted by atomic mass is 10.1. The second-order valence-electron chi connectivity index (χ2n) is 4.36. The van der Waals surface area contributed by atoms with Crippen LogP contribution in [0.5, 0.6) is 0 Å². The normalized spacial score (nSPS) is 10.7. The van der Waals surface area contributed by atoms with E-state index in [1.54, 1.807) is 24.3 Å². The molecular weight excluding hydrogens is 291 g/mol. The SMILES string of the molecule is Nc1ccc(CCNc2c(F)c(F)c(F)c(F)c2F)cc1. The zero-order valence-electron chi connectivity index (χ0n) is 10.7. The van der Waals surface area contributed by atoms with Gasteiger partial charge in [-0.2, -0.15) is 0 Å². The highest BCUT2D eigenvalue weighted by Gasteiger charge is 2.25. The fraction of sp³-hybridized carbons (Fsp3) is 0.143. The molecule has 0 aliphatic carbocycles. The van der Waals surface area contributed by atoms with Crippen LogP contribution in [0, 0.1) is 29.1 Å². The van der Waals surface area contributed by atoms with Gasteiger partial charge in [-0.1, -0.05) is 12.1 Å². The molecule has 0 bridgehead atoms. The highest BCUT2D eigenvalue weighted by Crippen LogP contribution is 2.27. The molecule has 0 radical (unpaired) electrons. The van der Waals surface area contributed by atoms with E-state index < -0.39 is 34.8 Å². The van der Waals surface area contributed by atoms with E-state index in [1.165, 1.54) is 0 Å². The van der Waals surface area contributed by atoms with Crippen molar-refractivity contribution in [1.82, 2.24) is 0 Å². The number of anilines is 2. The van der Waals surface area contributed by atoms with E-state index in [1.807, 2.05) is 0 Å². The molecule has 2 aromatic rings. The molecule has 0 heterocycles. The van der Waals surface area contributed by atoms with Crippen LogP contribution in [-0.4, -0.2) is 6.54 Å². The molecule has 7 heteroatoms. The first kappa shape index (κ1) is 15.1. The smallest absolute Gasteiger partial charge is 0.200 e. The van der Waals surface area contributed by atoms with Gasteiger partial charge in [0.1, 0.15) is 5.69 Å². The first-order valence-corrected chi connectivity index (χ1v) is 6.01. The fourth-order valence-corrected chi connectivity index (χ4v) is 1.78. The Balaban J connectivity index is 2.12. The second-order valence-corrected chi connectivity index (χ2v) is 4.36. The maximum atomic E-state index is 13.4. The van der Waals surface area contributed by atoms with Crippen molar-refractivity contribution in [2.75, 3.05) is 17.6 Å². The lowest BCUT2D eigenvalue weighted by Gasteiger charge is -2.10. The Morgan fingerprint density at radius 2 is 1.24 bits per heavy atom. The molecule has 0 atom stereocenters. The third-order valence-corrected chi connectivity index (χ3v) is 2.90. The monoisotopic (exact) mass is 302 g/mol. The largest absolute Gasteiger partial charge is 0.399 e. The summed E-state index contributed by atoms with van der Waals surface area (Å²) in [6, 6.07) is 6.70. The molecule has 2 rings (SSSR count). The molecule has 0 aliphatic rings. The predicted octanol–water partition coefficient (Wildman–Crippen LogP) is 3.62. The molecule has 2 nitrogen and oxygen atoms in total. The van der Waals surface area contributed by atoms with E-state index >= 15 is 0 Å². The van der Waals surface area contributed by atoms with Gasteiger partial charge < -0.3 is 11.1 Å². The highest BCUT2D eigenvalue weighted by molar-refractivity contribution is 5.48. The van der Waals surface area contributed by atoms with E-state index in [-0.39, 0.29) is 6.54 Å². The summed E-state index contributed by atoms with van der Waals surface area (Å²) in [5.74, 6) is -9.85. The van der Waals surface area contributed by atoms with Crippen molar-refractivity contribution >= 4 is 11.4 Å². The minimum atomic E-state index is -2.17. The quantitative estimate of drug-likeness (QED) is 0.392. The van der Waals surface area contributed by atoms with Crippen LogP contribution in [0.1, 0.15) is 5.56 Å². The molecule has 2 aromatic carbocycles. The van der Waals surface area contributed by atoms with Crippen LogP contribution in [0.4, 0.5) is 33.3 Å². The summed E-state index contributed by atoms with van der Waals surface area (Å²) in [6.45, 7) is 0.00225. The molecule has 0 aromatic heterocycles. The predicted molar refractivity (Wildman–Crippen MR) is 69.3 cm³/mol. The Bertz CT molecular complexity index is 626. The summed E-state index contributed by atoms with van der Waals surface area (Å²) in [5, 5.41) is 2.23. The van der Waals surface area contributed by atoms with Crippen LogP contribution >= 0.6 is 0 Å². The third-order valence-electron chi connectivity index (χ3n) is 2.90. The molecule has 0 fully saturated rings. The zero-order chi connectivity index (χ0) is 15.6. The third kappa shape index (κ3) is 3.07. The number of nitrogens with one attached hydrogen (secondary N) is 1. The van der Waals surface area contributed by atoms with Crippen molar-refractivity contribution in [3.05, 3.63) is 58.9 Å². The van der Waals surface area contributed by atoms with Gasteiger partial charge in [-0.3, -0.25) is 0 Å². The number of nitrogens with two attached hydrogens (primary N) is 1. The summed E-state index contributed by atoms with van der Waals surface area (Å²) >= 11 is 0. The lowest BCUT2D eigenvalue weighted by molar-refractivity contribution is 0.381. The van der Waals surface area contributed by atoms with E-state index in [0.717, 1.165) is 5.56 Å². The molecular formula is C14H11F5N2. The summed E-state index contributed by atoms with van der Waals surface area (Å²) in [5.41, 5.74) is 5.84. The van der Waals surface area contributed by atoms with E-state index in [0.29, 0.717) is 12.1 Å². The Labute approximate surface area is 117 Å². The summed E-state index contributed by atoms with van der Waals surface area (Å²) in [7, 11) is 0. The first-order chi connectivity index (χ1) is 9.91. The summed E-state index contributed by atoms with van der Waals surface area (Å²) in [4.78, 5) is 0. The zero-order valence-corrected chi connectivity index (χ0v) is 10.7. The van der Waals surface area contributed by atoms with Crippen molar-refractivity contribution in [2.24, 2.45) is 0 Å². The van der Waals surface area contributed by atoms with Gasteiger partial charge >= 0.3 is 0 Å². The Morgan fingerprint density at radius 3 is 1.76 bits per heavy atom. The molecule has 0 unspecified atom stereocenters. The van der Waals surface area contributed by atoms with Gasteiger partial charge in [0.15, 0.2) is 23.3 Å². The first-order valence-electron chi connectivity index (χ1n) is 6.01. The van der Waals surface area contributed by atoms with Crippen LogP contribution < -0.4 is 11.1 Å². The van der Waals surface area contributed by atoms with Crippen LogP contribution in [0.25, 0.3) is 0 Å². The molecule has 0 spiro atoms. The minimum absolute atomic E-state index is 0.00225. The van der Waals surface area contributed by atoms with Crippen LogP contribution in [0.2, 0.25) is 0 Å². The number of hydrogen-bond donors (Lipinski definition) is 2. The van der Waals surface area contributed by atoms with Gasteiger partial charge in [-0.05, 0) is 24.1 Å². The van der Waals surface area contributed by atoms with Crippen molar-refractivity contribution in [3.63, 3.8) is 0 Å².